The third-order valence-electron chi connectivity index (χ3n) is 7.04. The van der Waals surface area contributed by atoms with Crippen LogP contribution in [0.2, 0.25) is 0 Å². The van der Waals surface area contributed by atoms with Crippen LogP contribution < -0.4 is 4.74 Å². The summed E-state index contributed by atoms with van der Waals surface area (Å²) in [7, 11) is 1.72. The molecule has 0 saturated carbocycles. The minimum absolute atomic E-state index is 0.291. The number of carbonyl (C=O) groups excluding carboxylic acids is 1. The van der Waals surface area contributed by atoms with E-state index in [-0.39, 0.29) is 0 Å². The Morgan fingerprint density at radius 2 is 2.14 bits per heavy atom. The van der Waals surface area contributed by atoms with Crippen molar-refractivity contribution in [3.05, 3.63) is 47.0 Å². The number of piperidine rings is 3. The van der Waals surface area contributed by atoms with Crippen LogP contribution in [0, 0.1) is 11.8 Å². The molecule has 3 saturated heterocycles. The summed E-state index contributed by atoms with van der Waals surface area (Å²) in [6.07, 6.45) is 7.09. The van der Waals surface area contributed by atoms with Gasteiger partial charge in [-0.15, -0.1) is 0 Å². The summed E-state index contributed by atoms with van der Waals surface area (Å²) in [6, 6.07) is 9.06. The Morgan fingerprint density at radius 3 is 2.97 bits per heavy atom. The second-order valence-corrected chi connectivity index (χ2v) is 9.52. The first-order valence-electron chi connectivity index (χ1n) is 10.8. The third kappa shape index (κ3) is 3.80. The number of likely N-dealkylation sites (tertiary alicyclic amines) is 1. The van der Waals surface area contributed by atoms with Crippen molar-refractivity contribution in [2.24, 2.45) is 11.8 Å². The van der Waals surface area contributed by atoms with Crippen LogP contribution >= 0.6 is 11.5 Å². The van der Waals surface area contributed by atoms with Crippen molar-refractivity contribution in [1.29, 1.82) is 0 Å². The van der Waals surface area contributed by atoms with Crippen LogP contribution in [0.1, 0.15) is 36.8 Å². The number of benzene rings is 1. The first kappa shape index (κ1) is 19.1. The van der Waals surface area contributed by atoms with Crippen LogP contribution in [0.5, 0.6) is 5.75 Å². The second kappa shape index (κ2) is 8.07. The number of fused-ring (bicyclic) bond motifs is 4. The molecule has 1 aromatic heterocycles. The lowest BCUT2D eigenvalue weighted by Gasteiger charge is -2.56. The molecule has 0 N–H and O–H groups in total. The first-order valence-corrected chi connectivity index (χ1v) is 11.6. The fourth-order valence-corrected chi connectivity index (χ4v) is 6.40. The largest absolute Gasteiger partial charge is 0.497 e. The number of hydrogen-bond donors (Lipinski definition) is 0. The summed E-state index contributed by atoms with van der Waals surface area (Å²) in [5.74, 6) is 2.41. The lowest BCUT2D eigenvalue weighted by atomic mass is 9.70. The van der Waals surface area contributed by atoms with Gasteiger partial charge < -0.3 is 9.64 Å². The van der Waals surface area contributed by atoms with E-state index in [0.717, 1.165) is 51.1 Å². The van der Waals surface area contributed by atoms with Crippen molar-refractivity contribution in [2.75, 3.05) is 20.2 Å². The number of ether oxygens (including phenoxy) is 1. The molecule has 0 aliphatic carbocycles. The van der Waals surface area contributed by atoms with Gasteiger partial charge in [-0.2, -0.15) is 0 Å². The maximum Gasteiger partial charge on any atom is 0.223 e. The van der Waals surface area contributed by atoms with E-state index >= 15 is 0 Å². The number of nitrogens with zero attached hydrogens (tertiary/aromatic N) is 3. The maximum atomic E-state index is 13.0. The van der Waals surface area contributed by atoms with Gasteiger partial charge in [0.05, 0.1) is 7.11 Å². The van der Waals surface area contributed by atoms with E-state index in [1.807, 2.05) is 12.3 Å². The van der Waals surface area contributed by atoms with Gasteiger partial charge in [0.2, 0.25) is 5.91 Å². The Morgan fingerprint density at radius 1 is 1.24 bits per heavy atom. The number of methoxy groups -OCH3 is 1. The van der Waals surface area contributed by atoms with Gasteiger partial charge in [-0.25, -0.2) is 4.37 Å². The average Bonchev–Trinajstić information content (AvgIpc) is 3.24. The molecule has 1 aromatic carbocycles. The van der Waals surface area contributed by atoms with Gasteiger partial charge >= 0.3 is 0 Å². The standard InChI is InChI=1S/C23H29N3O2S/c1-28-20-5-2-4-16(8-20)9-22-19-10-18(21-6-3-7-23(27)26(21)22)13-25(14-19)12-17-11-24-29-15-17/h2,4-5,8,11,15,18-19,21-22H,3,6-7,9-10,12-14H2,1H3/t18-,19+,21+,22+/m1/s1. The van der Waals surface area contributed by atoms with Gasteiger partial charge in [-0.3, -0.25) is 9.69 Å². The molecule has 4 heterocycles. The fourth-order valence-electron chi connectivity index (χ4n) is 5.87. The van der Waals surface area contributed by atoms with E-state index < -0.39 is 0 Å². The Kier molecular flexibility index (Phi) is 5.31. The van der Waals surface area contributed by atoms with Gasteiger partial charge in [0, 0.05) is 49.7 Å². The molecular weight excluding hydrogens is 382 g/mol. The predicted molar refractivity (Wildman–Crippen MR) is 114 cm³/mol. The second-order valence-electron chi connectivity index (χ2n) is 8.87. The van der Waals surface area contributed by atoms with E-state index in [1.165, 1.54) is 29.1 Å². The first-order chi connectivity index (χ1) is 14.2. The Balaban J connectivity index is 1.41. The fraction of sp³-hybridized carbons (Fsp3) is 0.565. The van der Waals surface area contributed by atoms with E-state index in [9.17, 15) is 4.79 Å². The molecule has 3 aliphatic rings. The maximum absolute atomic E-state index is 13.0. The van der Waals surface area contributed by atoms with Crippen LogP contribution in [0.15, 0.2) is 35.8 Å². The van der Waals surface area contributed by atoms with E-state index in [4.69, 9.17) is 4.74 Å². The molecule has 4 atom stereocenters. The molecule has 2 aromatic rings. The van der Waals surface area contributed by atoms with E-state index in [1.54, 1.807) is 7.11 Å². The normalized spacial score (nSPS) is 29.6. The molecule has 0 spiro atoms. The summed E-state index contributed by atoms with van der Waals surface area (Å²) in [5, 5.41) is 2.16. The highest BCUT2D eigenvalue weighted by Gasteiger charge is 2.49. The lowest BCUT2D eigenvalue weighted by Crippen LogP contribution is -2.65. The number of carbonyl (C=O) groups is 1. The molecule has 29 heavy (non-hydrogen) atoms. The van der Waals surface area contributed by atoms with Crippen LogP contribution in [-0.4, -0.2) is 52.4 Å². The van der Waals surface area contributed by atoms with E-state index in [0.29, 0.717) is 29.8 Å². The highest BCUT2D eigenvalue weighted by atomic mass is 32.1. The van der Waals surface area contributed by atoms with Crippen molar-refractivity contribution < 1.29 is 9.53 Å². The zero-order chi connectivity index (χ0) is 19.8. The zero-order valence-corrected chi connectivity index (χ0v) is 17.8. The summed E-state index contributed by atoms with van der Waals surface area (Å²) >= 11 is 1.53. The zero-order valence-electron chi connectivity index (χ0n) is 17.0. The van der Waals surface area contributed by atoms with Gasteiger partial charge in [0.1, 0.15) is 5.75 Å². The van der Waals surface area contributed by atoms with E-state index in [2.05, 4.69) is 37.8 Å². The van der Waals surface area contributed by atoms with Crippen LogP contribution in [0.25, 0.3) is 0 Å². The molecule has 0 unspecified atom stereocenters. The molecule has 3 fully saturated rings. The summed E-state index contributed by atoms with van der Waals surface area (Å²) < 4.78 is 9.71. The number of hydrogen-bond acceptors (Lipinski definition) is 5. The number of aromatic nitrogens is 1. The molecule has 5 rings (SSSR count). The quantitative estimate of drug-likeness (QED) is 0.754. The minimum atomic E-state index is 0.291. The van der Waals surface area contributed by atoms with Gasteiger partial charge in [0.25, 0.3) is 0 Å². The molecule has 2 bridgehead atoms. The summed E-state index contributed by atoms with van der Waals surface area (Å²) in [5.41, 5.74) is 2.58. The molecule has 6 heteroatoms. The van der Waals surface area contributed by atoms with Crippen molar-refractivity contribution in [1.82, 2.24) is 14.2 Å². The average molecular weight is 412 g/mol. The van der Waals surface area contributed by atoms with Crippen LogP contribution in [0.3, 0.4) is 0 Å². The monoisotopic (exact) mass is 411 g/mol. The Bertz CT molecular complexity index is 856. The van der Waals surface area contributed by atoms with Crippen LogP contribution in [0.4, 0.5) is 0 Å². The van der Waals surface area contributed by atoms with Gasteiger partial charge in [-0.05, 0) is 72.3 Å². The lowest BCUT2D eigenvalue weighted by molar-refractivity contribution is -0.152. The van der Waals surface area contributed by atoms with Gasteiger partial charge in [0.15, 0.2) is 0 Å². The summed E-state index contributed by atoms with van der Waals surface area (Å²) in [4.78, 5) is 17.9. The smallest absolute Gasteiger partial charge is 0.223 e. The number of rotatable bonds is 5. The molecule has 1 amide bonds. The van der Waals surface area contributed by atoms with Crippen molar-refractivity contribution in [2.45, 2.75) is 50.7 Å². The highest BCUT2D eigenvalue weighted by molar-refractivity contribution is 7.03. The molecule has 154 valence electrons. The Hall–Kier alpha value is -1.92. The predicted octanol–water partition coefficient (Wildman–Crippen LogP) is 3.60. The van der Waals surface area contributed by atoms with Gasteiger partial charge in [-0.1, -0.05) is 12.1 Å². The van der Waals surface area contributed by atoms with Crippen molar-refractivity contribution in [3.63, 3.8) is 0 Å². The Labute approximate surface area is 176 Å². The topological polar surface area (TPSA) is 45.7 Å². The SMILES string of the molecule is COc1cccc(C[C@H]2[C@H]3C[C@H](CN(Cc4cnsc4)C3)[C@@H]3CCCC(=O)N32)c1. The van der Waals surface area contributed by atoms with Crippen molar-refractivity contribution in [3.8, 4) is 5.75 Å². The third-order valence-corrected chi connectivity index (χ3v) is 7.68. The molecular formula is C23H29N3O2S. The minimum Gasteiger partial charge on any atom is -0.497 e. The van der Waals surface area contributed by atoms with Crippen molar-refractivity contribution >= 4 is 17.4 Å². The number of amides is 1. The van der Waals surface area contributed by atoms with Crippen LogP contribution in [-0.2, 0) is 17.8 Å². The molecule has 0 radical (unpaired) electrons. The molecule has 3 aliphatic heterocycles. The summed E-state index contributed by atoms with van der Waals surface area (Å²) in [6.45, 7) is 3.15. The molecule has 5 nitrogen and oxygen atoms in total. The highest BCUT2D eigenvalue weighted by Crippen LogP contribution is 2.43.